The van der Waals surface area contributed by atoms with Crippen LogP contribution in [0.25, 0.3) is 5.69 Å². The molecule has 19 heavy (non-hydrogen) atoms. The summed E-state index contributed by atoms with van der Waals surface area (Å²) in [5, 5.41) is 8.02. The molecule has 102 valence electrons. The molecule has 0 bridgehead atoms. The molecule has 0 aliphatic rings. The smallest absolute Gasteiger partial charge is 0.0648 e. The zero-order valence-corrected chi connectivity index (χ0v) is 12.1. The van der Waals surface area contributed by atoms with Gasteiger partial charge in [-0.3, -0.25) is 0 Å². The molecule has 3 heteroatoms. The number of hydrogen-bond acceptors (Lipinski definition) is 2. The first-order chi connectivity index (χ1) is 9.22. The SMILES string of the molecule is CCc1c(CNCC(C)C)cnn1-c1ccccc1. The van der Waals surface area contributed by atoms with Crippen LogP contribution in [-0.2, 0) is 13.0 Å². The second-order valence-corrected chi connectivity index (χ2v) is 5.24. The number of rotatable bonds is 6. The zero-order chi connectivity index (χ0) is 13.7. The quantitative estimate of drug-likeness (QED) is 0.861. The third-order valence-corrected chi connectivity index (χ3v) is 3.16. The number of aromatic nitrogens is 2. The van der Waals surface area contributed by atoms with Crippen LogP contribution in [-0.4, -0.2) is 16.3 Å². The molecule has 1 heterocycles. The van der Waals surface area contributed by atoms with Crippen LogP contribution in [0, 0.1) is 5.92 Å². The number of para-hydroxylation sites is 1. The fourth-order valence-electron chi connectivity index (χ4n) is 2.22. The molecule has 1 N–H and O–H groups in total. The van der Waals surface area contributed by atoms with Crippen LogP contribution in [0.4, 0.5) is 0 Å². The Hall–Kier alpha value is -1.61. The van der Waals surface area contributed by atoms with Gasteiger partial charge in [-0.25, -0.2) is 4.68 Å². The van der Waals surface area contributed by atoms with Gasteiger partial charge >= 0.3 is 0 Å². The highest BCUT2D eigenvalue weighted by Gasteiger charge is 2.10. The minimum Gasteiger partial charge on any atom is -0.312 e. The van der Waals surface area contributed by atoms with Crippen LogP contribution in [0.3, 0.4) is 0 Å². The minimum atomic E-state index is 0.675. The minimum absolute atomic E-state index is 0.675. The molecule has 0 atom stereocenters. The fraction of sp³-hybridized carbons (Fsp3) is 0.438. The lowest BCUT2D eigenvalue weighted by Crippen LogP contribution is -2.19. The standard InChI is InChI=1S/C16H23N3/c1-4-16-14(11-17-10-13(2)3)12-18-19(16)15-8-6-5-7-9-15/h5-9,12-13,17H,4,10-11H2,1-3H3. The lowest BCUT2D eigenvalue weighted by Gasteiger charge is -2.09. The highest BCUT2D eigenvalue weighted by molar-refractivity contribution is 5.34. The molecular formula is C16H23N3. The first-order valence-electron chi connectivity index (χ1n) is 7.04. The summed E-state index contributed by atoms with van der Waals surface area (Å²) in [4.78, 5) is 0. The fourth-order valence-corrected chi connectivity index (χ4v) is 2.22. The lowest BCUT2D eigenvalue weighted by molar-refractivity contribution is 0.551. The second kappa shape index (κ2) is 6.53. The Bertz CT molecular complexity index is 500. The van der Waals surface area contributed by atoms with Crippen LogP contribution in [0.1, 0.15) is 32.0 Å². The van der Waals surface area contributed by atoms with E-state index in [-0.39, 0.29) is 0 Å². The van der Waals surface area contributed by atoms with Crippen LogP contribution >= 0.6 is 0 Å². The predicted octanol–water partition coefficient (Wildman–Crippen LogP) is 3.18. The number of hydrogen-bond donors (Lipinski definition) is 1. The highest BCUT2D eigenvalue weighted by atomic mass is 15.3. The van der Waals surface area contributed by atoms with Gasteiger partial charge in [-0.2, -0.15) is 5.10 Å². The molecule has 2 rings (SSSR count). The first kappa shape index (κ1) is 13.8. The summed E-state index contributed by atoms with van der Waals surface area (Å²) in [6, 6.07) is 10.3. The van der Waals surface area contributed by atoms with Crippen molar-refractivity contribution in [3.63, 3.8) is 0 Å². The highest BCUT2D eigenvalue weighted by Crippen LogP contribution is 2.15. The lowest BCUT2D eigenvalue weighted by atomic mass is 10.2. The van der Waals surface area contributed by atoms with Crippen molar-refractivity contribution in [3.05, 3.63) is 47.8 Å². The molecule has 0 aliphatic heterocycles. The van der Waals surface area contributed by atoms with E-state index in [9.17, 15) is 0 Å². The van der Waals surface area contributed by atoms with Gasteiger partial charge in [0.1, 0.15) is 0 Å². The van der Waals surface area contributed by atoms with Gasteiger partial charge in [0.25, 0.3) is 0 Å². The summed E-state index contributed by atoms with van der Waals surface area (Å²) in [5.74, 6) is 0.675. The third-order valence-electron chi connectivity index (χ3n) is 3.16. The van der Waals surface area contributed by atoms with Crippen molar-refractivity contribution in [2.24, 2.45) is 5.92 Å². The summed E-state index contributed by atoms with van der Waals surface area (Å²) in [6.45, 7) is 8.57. The van der Waals surface area contributed by atoms with Crippen LogP contribution in [0.15, 0.2) is 36.5 Å². The maximum Gasteiger partial charge on any atom is 0.0648 e. The van der Waals surface area contributed by atoms with Gasteiger partial charge in [0.15, 0.2) is 0 Å². The molecule has 0 radical (unpaired) electrons. The summed E-state index contributed by atoms with van der Waals surface area (Å²) < 4.78 is 2.05. The van der Waals surface area contributed by atoms with Crippen molar-refractivity contribution in [3.8, 4) is 5.69 Å². The molecule has 0 saturated carbocycles. The average molecular weight is 257 g/mol. The van der Waals surface area contributed by atoms with Gasteiger partial charge in [-0.05, 0) is 31.0 Å². The van der Waals surface area contributed by atoms with E-state index in [0.717, 1.165) is 25.2 Å². The second-order valence-electron chi connectivity index (χ2n) is 5.24. The van der Waals surface area contributed by atoms with Gasteiger partial charge in [0.05, 0.1) is 11.9 Å². The van der Waals surface area contributed by atoms with Crippen molar-refractivity contribution in [2.75, 3.05) is 6.54 Å². The normalized spacial score (nSPS) is 11.2. The van der Waals surface area contributed by atoms with Crippen LogP contribution < -0.4 is 5.32 Å². The number of benzene rings is 1. The van der Waals surface area contributed by atoms with Gasteiger partial charge in [0.2, 0.25) is 0 Å². The third kappa shape index (κ3) is 3.44. The number of nitrogens with zero attached hydrogens (tertiary/aromatic N) is 2. The van der Waals surface area contributed by atoms with E-state index < -0.39 is 0 Å². The maximum absolute atomic E-state index is 4.53. The van der Waals surface area contributed by atoms with E-state index >= 15 is 0 Å². The van der Waals surface area contributed by atoms with Crippen LogP contribution in [0.2, 0.25) is 0 Å². The molecule has 0 aliphatic carbocycles. The Kier molecular flexibility index (Phi) is 4.74. The molecule has 0 unspecified atom stereocenters. The zero-order valence-electron chi connectivity index (χ0n) is 12.1. The summed E-state index contributed by atoms with van der Waals surface area (Å²) in [7, 11) is 0. The summed E-state index contributed by atoms with van der Waals surface area (Å²) >= 11 is 0. The number of nitrogens with one attached hydrogen (secondary N) is 1. The largest absolute Gasteiger partial charge is 0.312 e. The van der Waals surface area contributed by atoms with E-state index in [1.54, 1.807) is 0 Å². The van der Waals surface area contributed by atoms with E-state index in [4.69, 9.17) is 0 Å². The van der Waals surface area contributed by atoms with Crippen molar-refractivity contribution in [1.29, 1.82) is 0 Å². The molecule has 0 spiro atoms. The Labute approximate surface area is 115 Å². The monoisotopic (exact) mass is 257 g/mol. The van der Waals surface area contributed by atoms with E-state index in [0.29, 0.717) is 5.92 Å². The van der Waals surface area contributed by atoms with Gasteiger partial charge in [-0.1, -0.05) is 39.0 Å². The van der Waals surface area contributed by atoms with Crippen molar-refractivity contribution >= 4 is 0 Å². The first-order valence-corrected chi connectivity index (χ1v) is 7.04. The Balaban J connectivity index is 2.16. The van der Waals surface area contributed by atoms with Crippen LogP contribution in [0.5, 0.6) is 0 Å². The topological polar surface area (TPSA) is 29.9 Å². The Morgan fingerprint density at radius 1 is 1.21 bits per heavy atom. The van der Waals surface area contributed by atoms with E-state index in [2.05, 4.69) is 43.3 Å². The van der Waals surface area contributed by atoms with Crippen molar-refractivity contribution in [1.82, 2.24) is 15.1 Å². The molecule has 0 saturated heterocycles. The molecule has 0 amide bonds. The van der Waals surface area contributed by atoms with E-state index in [1.165, 1.54) is 11.3 Å². The molecular weight excluding hydrogens is 234 g/mol. The van der Waals surface area contributed by atoms with Gasteiger partial charge < -0.3 is 5.32 Å². The van der Waals surface area contributed by atoms with E-state index in [1.807, 2.05) is 29.1 Å². The van der Waals surface area contributed by atoms with Crippen molar-refractivity contribution < 1.29 is 0 Å². The summed E-state index contributed by atoms with van der Waals surface area (Å²) in [5.41, 5.74) is 3.73. The molecule has 1 aromatic heterocycles. The molecule has 3 nitrogen and oxygen atoms in total. The maximum atomic E-state index is 4.53. The Morgan fingerprint density at radius 3 is 2.58 bits per heavy atom. The van der Waals surface area contributed by atoms with Gasteiger partial charge in [-0.15, -0.1) is 0 Å². The Morgan fingerprint density at radius 2 is 1.95 bits per heavy atom. The summed E-state index contributed by atoms with van der Waals surface area (Å²) in [6.07, 6.45) is 2.98. The molecule has 2 aromatic rings. The molecule has 1 aromatic carbocycles. The van der Waals surface area contributed by atoms with Gasteiger partial charge in [0, 0.05) is 17.8 Å². The average Bonchev–Trinajstić information content (AvgIpc) is 2.82. The molecule has 0 fully saturated rings. The van der Waals surface area contributed by atoms with Crippen molar-refractivity contribution in [2.45, 2.75) is 33.7 Å². The predicted molar refractivity (Wildman–Crippen MR) is 79.5 cm³/mol.